The van der Waals surface area contributed by atoms with Gasteiger partial charge in [-0.15, -0.1) is 0 Å². The first kappa shape index (κ1) is 15.3. The molecule has 4 heteroatoms. The zero-order chi connectivity index (χ0) is 14.7. The van der Waals surface area contributed by atoms with Crippen LogP contribution < -0.4 is 4.90 Å². The lowest BCUT2D eigenvalue weighted by Crippen LogP contribution is -2.38. The Bertz CT molecular complexity index is 451. The molecule has 0 atom stereocenters. The molecular weight excluding hydrogens is 250 g/mol. The number of anilines is 1. The molecule has 0 amide bonds. The van der Waals surface area contributed by atoms with Gasteiger partial charge in [0, 0.05) is 30.9 Å². The van der Waals surface area contributed by atoms with Crippen molar-refractivity contribution in [2.45, 2.75) is 33.3 Å². The number of aliphatic hydroxyl groups excluding tert-OH is 1. The minimum atomic E-state index is 0.0755. The molecule has 4 nitrogen and oxygen atoms in total. The number of rotatable bonds is 4. The second kappa shape index (κ2) is 6.55. The van der Waals surface area contributed by atoms with Crippen LogP contribution in [-0.2, 0) is 6.61 Å². The molecule has 20 heavy (non-hydrogen) atoms. The molecular formula is C16H27N3O. The van der Waals surface area contributed by atoms with E-state index in [1.54, 1.807) is 0 Å². The second-order valence-corrected chi connectivity index (χ2v) is 6.23. The van der Waals surface area contributed by atoms with Crippen molar-refractivity contribution in [3.8, 4) is 0 Å². The molecule has 0 spiro atoms. The van der Waals surface area contributed by atoms with Gasteiger partial charge in [0.15, 0.2) is 0 Å². The van der Waals surface area contributed by atoms with Gasteiger partial charge in [0.2, 0.25) is 0 Å². The van der Waals surface area contributed by atoms with Crippen molar-refractivity contribution in [3.05, 3.63) is 22.9 Å². The lowest BCUT2D eigenvalue weighted by molar-refractivity contribution is 0.276. The van der Waals surface area contributed by atoms with Crippen molar-refractivity contribution >= 4 is 5.82 Å². The summed E-state index contributed by atoms with van der Waals surface area (Å²) in [6.45, 7) is 7.41. The second-order valence-electron chi connectivity index (χ2n) is 6.23. The Labute approximate surface area is 122 Å². The lowest BCUT2D eigenvalue weighted by atomic mass is 9.96. The SMILES string of the molecule is Cc1cc(C)c(CO)c(N2CCC(CN(C)C)CC2)n1. The van der Waals surface area contributed by atoms with Gasteiger partial charge in [-0.2, -0.15) is 0 Å². The Hall–Kier alpha value is -1.13. The molecule has 0 bridgehead atoms. The van der Waals surface area contributed by atoms with Crippen LogP contribution in [0, 0.1) is 19.8 Å². The number of pyridine rings is 1. The highest BCUT2D eigenvalue weighted by Gasteiger charge is 2.23. The predicted molar refractivity (Wildman–Crippen MR) is 83.1 cm³/mol. The van der Waals surface area contributed by atoms with Gasteiger partial charge < -0.3 is 14.9 Å². The molecule has 0 radical (unpaired) electrons. The minimum absolute atomic E-state index is 0.0755. The number of hydrogen-bond donors (Lipinski definition) is 1. The van der Waals surface area contributed by atoms with Crippen molar-refractivity contribution < 1.29 is 5.11 Å². The van der Waals surface area contributed by atoms with Crippen molar-refractivity contribution in [1.29, 1.82) is 0 Å². The third-order valence-corrected chi connectivity index (χ3v) is 4.15. The molecule has 0 unspecified atom stereocenters. The normalized spacial score (nSPS) is 17.0. The Morgan fingerprint density at radius 3 is 2.50 bits per heavy atom. The average molecular weight is 277 g/mol. The molecule has 2 heterocycles. The molecule has 0 saturated carbocycles. The van der Waals surface area contributed by atoms with Gasteiger partial charge in [-0.05, 0) is 58.3 Å². The highest BCUT2D eigenvalue weighted by atomic mass is 16.3. The minimum Gasteiger partial charge on any atom is -0.392 e. The molecule has 1 aromatic heterocycles. The molecule has 0 aromatic carbocycles. The van der Waals surface area contributed by atoms with E-state index in [1.807, 2.05) is 13.0 Å². The first-order valence-corrected chi connectivity index (χ1v) is 7.49. The fraction of sp³-hybridized carbons (Fsp3) is 0.688. The van der Waals surface area contributed by atoms with Gasteiger partial charge in [0.1, 0.15) is 5.82 Å². The van der Waals surface area contributed by atoms with Crippen LogP contribution >= 0.6 is 0 Å². The van der Waals surface area contributed by atoms with Gasteiger partial charge >= 0.3 is 0 Å². The lowest BCUT2D eigenvalue weighted by Gasteiger charge is -2.35. The van der Waals surface area contributed by atoms with Crippen molar-refractivity contribution in [2.75, 3.05) is 38.6 Å². The summed E-state index contributed by atoms with van der Waals surface area (Å²) in [6.07, 6.45) is 2.41. The fourth-order valence-electron chi connectivity index (χ4n) is 3.14. The smallest absolute Gasteiger partial charge is 0.134 e. The molecule has 1 aromatic rings. The van der Waals surface area contributed by atoms with Gasteiger partial charge in [-0.25, -0.2) is 4.98 Å². The van der Waals surface area contributed by atoms with E-state index in [4.69, 9.17) is 0 Å². The van der Waals surface area contributed by atoms with Crippen LogP contribution in [0.5, 0.6) is 0 Å². The van der Waals surface area contributed by atoms with E-state index in [0.717, 1.165) is 41.6 Å². The van der Waals surface area contributed by atoms with E-state index in [9.17, 15) is 5.11 Å². The van der Waals surface area contributed by atoms with Crippen LogP contribution in [0.3, 0.4) is 0 Å². The molecule has 1 saturated heterocycles. The maximum Gasteiger partial charge on any atom is 0.134 e. The van der Waals surface area contributed by atoms with Gasteiger partial charge in [-0.1, -0.05) is 0 Å². The maximum absolute atomic E-state index is 9.62. The highest BCUT2D eigenvalue weighted by Crippen LogP contribution is 2.27. The first-order chi connectivity index (χ1) is 9.51. The van der Waals surface area contributed by atoms with Crippen LogP contribution in [0.15, 0.2) is 6.07 Å². The number of aryl methyl sites for hydroxylation is 2. The van der Waals surface area contributed by atoms with Gasteiger partial charge in [-0.3, -0.25) is 0 Å². The van der Waals surface area contributed by atoms with Crippen molar-refractivity contribution in [1.82, 2.24) is 9.88 Å². The zero-order valence-corrected chi connectivity index (χ0v) is 13.2. The van der Waals surface area contributed by atoms with E-state index < -0.39 is 0 Å². The quantitative estimate of drug-likeness (QED) is 0.913. The summed E-state index contributed by atoms with van der Waals surface area (Å²) in [4.78, 5) is 9.29. The summed E-state index contributed by atoms with van der Waals surface area (Å²) in [7, 11) is 4.28. The standard InChI is InChI=1S/C16H27N3O/c1-12-9-13(2)17-16(15(12)11-20)19-7-5-14(6-8-19)10-18(3)4/h9,14,20H,5-8,10-11H2,1-4H3. The largest absolute Gasteiger partial charge is 0.392 e. The van der Waals surface area contributed by atoms with E-state index >= 15 is 0 Å². The maximum atomic E-state index is 9.62. The predicted octanol–water partition coefficient (Wildman–Crippen LogP) is 1.97. The molecule has 1 N–H and O–H groups in total. The van der Waals surface area contributed by atoms with E-state index in [2.05, 4.69) is 35.8 Å². The summed E-state index contributed by atoms with van der Waals surface area (Å²) < 4.78 is 0. The average Bonchev–Trinajstić information content (AvgIpc) is 2.38. The summed E-state index contributed by atoms with van der Waals surface area (Å²) in [6, 6.07) is 2.05. The van der Waals surface area contributed by atoms with Crippen molar-refractivity contribution in [2.24, 2.45) is 5.92 Å². The molecule has 2 rings (SSSR count). The van der Waals surface area contributed by atoms with Crippen LogP contribution in [0.2, 0.25) is 0 Å². The van der Waals surface area contributed by atoms with Crippen LogP contribution in [-0.4, -0.2) is 48.7 Å². The van der Waals surface area contributed by atoms with Crippen LogP contribution in [0.4, 0.5) is 5.82 Å². The van der Waals surface area contributed by atoms with E-state index in [1.165, 1.54) is 19.4 Å². The Morgan fingerprint density at radius 2 is 1.95 bits per heavy atom. The highest BCUT2D eigenvalue weighted by molar-refractivity contribution is 5.51. The molecule has 1 aliphatic heterocycles. The van der Waals surface area contributed by atoms with Crippen LogP contribution in [0.1, 0.15) is 29.7 Å². The summed E-state index contributed by atoms with van der Waals surface area (Å²) in [5.41, 5.74) is 3.16. The molecule has 112 valence electrons. The number of nitrogens with zero attached hydrogens (tertiary/aromatic N) is 3. The van der Waals surface area contributed by atoms with E-state index in [0.29, 0.717) is 0 Å². The molecule has 1 fully saturated rings. The Morgan fingerprint density at radius 1 is 1.30 bits per heavy atom. The molecule has 0 aliphatic carbocycles. The summed E-state index contributed by atoms with van der Waals surface area (Å²) in [5, 5.41) is 9.62. The summed E-state index contributed by atoms with van der Waals surface area (Å²) >= 11 is 0. The summed E-state index contributed by atoms with van der Waals surface area (Å²) in [5.74, 6) is 1.78. The monoisotopic (exact) mass is 277 g/mol. The topological polar surface area (TPSA) is 39.6 Å². The number of aliphatic hydroxyl groups is 1. The van der Waals surface area contributed by atoms with E-state index in [-0.39, 0.29) is 6.61 Å². The zero-order valence-electron chi connectivity index (χ0n) is 13.2. The number of aromatic nitrogens is 1. The van der Waals surface area contributed by atoms with Crippen LogP contribution in [0.25, 0.3) is 0 Å². The fourth-order valence-corrected chi connectivity index (χ4v) is 3.14. The number of hydrogen-bond acceptors (Lipinski definition) is 4. The number of piperidine rings is 1. The third kappa shape index (κ3) is 3.49. The van der Waals surface area contributed by atoms with Crippen molar-refractivity contribution in [3.63, 3.8) is 0 Å². The molecule has 1 aliphatic rings. The first-order valence-electron chi connectivity index (χ1n) is 7.49. The third-order valence-electron chi connectivity index (χ3n) is 4.15. The van der Waals surface area contributed by atoms with Gasteiger partial charge in [0.25, 0.3) is 0 Å². The van der Waals surface area contributed by atoms with Gasteiger partial charge in [0.05, 0.1) is 6.61 Å². The Kier molecular flexibility index (Phi) is 5.00. The Balaban J connectivity index is 2.10.